The summed E-state index contributed by atoms with van der Waals surface area (Å²) in [6, 6.07) is 7.67. The second-order valence-electron chi connectivity index (χ2n) is 5.71. The second-order valence-corrected chi connectivity index (χ2v) is 7.69. The van der Waals surface area contributed by atoms with Crippen molar-refractivity contribution in [3.05, 3.63) is 30.5 Å². The van der Waals surface area contributed by atoms with Crippen LogP contribution in [0, 0.1) is 5.92 Å². The van der Waals surface area contributed by atoms with Gasteiger partial charge in [-0.25, -0.2) is 12.7 Å². The van der Waals surface area contributed by atoms with Crippen molar-refractivity contribution in [2.45, 2.75) is 12.8 Å². The number of hydrogen-bond acceptors (Lipinski definition) is 3. The predicted octanol–water partition coefficient (Wildman–Crippen LogP) is 1.78. The van der Waals surface area contributed by atoms with Crippen LogP contribution in [0.25, 0.3) is 10.9 Å². The molecule has 1 aliphatic heterocycles. The molecule has 1 aromatic carbocycles. The third-order valence-corrected chi connectivity index (χ3v) is 5.42. The zero-order valence-electron chi connectivity index (χ0n) is 12.4. The van der Waals surface area contributed by atoms with Gasteiger partial charge in [-0.05, 0) is 37.1 Å². The molecule has 2 heterocycles. The quantitative estimate of drug-likeness (QED) is 0.904. The van der Waals surface area contributed by atoms with Crippen LogP contribution in [0.1, 0.15) is 12.8 Å². The number of benzene rings is 1. The maximum atomic E-state index is 12.3. The minimum absolute atomic E-state index is 0.0389. The first-order valence-corrected chi connectivity index (χ1v) is 9.11. The van der Waals surface area contributed by atoms with Gasteiger partial charge in [-0.2, -0.15) is 0 Å². The molecule has 2 aromatic rings. The van der Waals surface area contributed by atoms with Crippen LogP contribution in [0.3, 0.4) is 0 Å². The molecule has 3 rings (SSSR count). The van der Waals surface area contributed by atoms with Crippen molar-refractivity contribution in [1.29, 1.82) is 0 Å². The molecule has 1 saturated heterocycles. The fraction of sp³-hybridized carbons (Fsp3) is 0.400. The molecule has 0 spiro atoms. The summed E-state index contributed by atoms with van der Waals surface area (Å²) in [6.07, 6.45) is 4.19. The molecule has 1 aromatic heterocycles. The summed E-state index contributed by atoms with van der Waals surface area (Å²) in [5.41, 5.74) is 1.79. The molecule has 1 fully saturated rings. The van der Waals surface area contributed by atoms with Crippen LogP contribution in [0.4, 0.5) is 5.69 Å². The van der Waals surface area contributed by atoms with Gasteiger partial charge in [0.1, 0.15) is 0 Å². The monoisotopic (exact) mass is 321 g/mol. The van der Waals surface area contributed by atoms with E-state index in [0.717, 1.165) is 16.6 Å². The Balaban J connectivity index is 1.63. The van der Waals surface area contributed by atoms with Crippen molar-refractivity contribution in [2.75, 3.05) is 24.7 Å². The maximum absolute atomic E-state index is 12.3. The maximum Gasteiger partial charge on any atom is 0.227 e. The fourth-order valence-electron chi connectivity index (χ4n) is 2.82. The average Bonchev–Trinajstić information content (AvgIpc) is 2.94. The van der Waals surface area contributed by atoms with E-state index >= 15 is 0 Å². The van der Waals surface area contributed by atoms with Crippen molar-refractivity contribution < 1.29 is 13.2 Å². The Morgan fingerprint density at radius 1 is 1.27 bits per heavy atom. The van der Waals surface area contributed by atoms with Crippen molar-refractivity contribution >= 4 is 32.5 Å². The van der Waals surface area contributed by atoms with Gasteiger partial charge in [-0.3, -0.25) is 4.79 Å². The molecule has 22 heavy (non-hydrogen) atoms. The number of amides is 1. The van der Waals surface area contributed by atoms with Gasteiger partial charge in [0.05, 0.1) is 6.26 Å². The van der Waals surface area contributed by atoms with Gasteiger partial charge in [0, 0.05) is 41.8 Å². The van der Waals surface area contributed by atoms with E-state index in [1.165, 1.54) is 10.6 Å². The van der Waals surface area contributed by atoms with Crippen LogP contribution in [-0.2, 0) is 14.8 Å². The number of nitrogens with zero attached hydrogens (tertiary/aromatic N) is 1. The van der Waals surface area contributed by atoms with Crippen molar-refractivity contribution in [2.24, 2.45) is 5.92 Å². The van der Waals surface area contributed by atoms with E-state index in [4.69, 9.17) is 0 Å². The summed E-state index contributed by atoms with van der Waals surface area (Å²) in [4.78, 5) is 15.4. The lowest BCUT2D eigenvalue weighted by Gasteiger charge is -2.29. The Bertz CT molecular complexity index is 789. The minimum atomic E-state index is -3.15. The van der Waals surface area contributed by atoms with Gasteiger partial charge in [0.25, 0.3) is 0 Å². The largest absolute Gasteiger partial charge is 0.361 e. The molecule has 0 aliphatic carbocycles. The third kappa shape index (κ3) is 3.15. The molecule has 7 heteroatoms. The topological polar surface area (TPSA) is 82.3 Å². The molecule has 118 valence electrons. The Morgan fingerprint density at radius 3 is 2.68 bits per heavy atom. The van der Waals surface area contributed by atoms with Gasteiger partial charge in [0.15, 0.2) is 0 Å². The van der Waals surface area contributed by atoms with Crippen LogP contribution in [0.2, 0.25) is 0 Å². The summed E-state index contributed by atoms with van der Waals surface area (Å²) in [5, 5.41) is 3.97. The van der Waals surface area contributed by atoms with Gasteiger partial charge in [-0.15, -0.1) is 0 Å². The van der Waals surface area contributed by atoms with Crippen molar-refractivity contribution in [1.82, 2.24) is 9.29 Å². The highest BCUT2D eigenvalue weighted by Gasteiger charge is 2.28. The van der Waals surface area contributed by atoms with E-state index in [1.54, 1.807) is 0 Å². The minimum Gasteiger partial charge on any atom is -0.361 e. The van der Waals surface area contributed by atoms with Crippen LogP contribution in [0.15, 0.2) is 30.5 Å². The second kappa shape index (κ2) is 5.73. The SMILES string of the molecule is CS(=O)(=O)N1CCC(C(=O)Nc2ccc3[nH]ccc3c2)CC1. The standard InChI is InChI=1S/C15H19N3O3S/c1-22(20,21)18-8-5-11(6-9-18)15(19)17-13-2-3-14-12(10-13)4-7-16-14/h2-4,7,10-11,16H,5-6,8-9H2,1H3,(H,17,19). The Kier molecular flexibility index (Phi) is 3.92. The first kappa shape index (κ1) is 15.1. The number of aromatic amines is 1. The van der Waals surface area contributed by atoms with E-state index < -0.39 is 10.0 Å². The van der Waals surface area contributed by atoms with Crippen molar-refractivity contribution in [3.63, 3.8) is 0 Å². The molecule has 6 nitrogen and oxygen atoms in total. The molecule has 0 radical (unpaired) electrons. The summed E-state index contributed by atoms with van der Waals surface area (Å²) < 4.78 is 24.4. The fourth-order valence-corrected chi connectivity index (χ4v) is 3.70. The normalized spacial score (nSPS) is 17.7. The lowest BCUT2D eigenvalue weighted by Crippen LogP contribution is -2.40. The number of carbonyl (C=O) groups is 1. The van der Waals surface area contributed by atoms with Gasteiger partial charge >= 0.3 is 0 Å². The average molecular weight is 321 g/mol. The van der Waals surface area contributed by atoms with Gasteiger partial charge < -0.3 is 10.3 Å². The van der Waals surface area contributed by atoms with E-state index in [0.29, 0.717) is 25.9 Å². The molecule has 0 saturated carbocycles. The van der Waals surface area contributed by atoms with E-state index in [-0.39, 0.29) is 11.8 Å². The number of fused-ring (bicyclic) bond motifs is 1. The highest BCUT2D eigenvalue weighted by atomic mass is 32.2. The number of anilines is 1. The molecule has 2 N–H and O–H groups in total. The number of aromatic nitrogens is 1. The van der Waals surface area contributed by atoms with Crippen molar-refractivity contribution in [3.8, 4) is 0 Å². The molecule has 0 atom stereocenters. The van der Waals surface area contributed by atoms with E-state index in [2.05, 4.69) is 10.3 Å². The van der Waals surface area contributed by atoms with Gasteiger partial charge in [-0.1, -0.05) is 0 Å². The van der Waals surface area contributed by atoms with Gasteiger partial charge in [0.2, 0.25) is 15.9 Å². The first-order valence-electron chi connectivity index (χ1n) is 7.26. The molecular weight excluding hydrogens is 302 g/mol. The smallest absolute Gasteiger partial charge is 0.227 e. The molecule has 0 bridgehead atoms. The number of carbonyl (C=O) groups excluding carboxylic acids is 1. The summed E-state index contributed by atoms with van der Waals surface area (Å²) in [7, 11) is -3.15. The zero-order valence-corrected chi connectivity index (χ0v) is 13.2. The summed E-state index contributed by atoms with van der Waals surface area (Å²) in [5.74, 6) is -0.178. The third-order valence-electron chi connectivity index (χ3n) is 4.11. The van der Waals surface area contributed by atoms with Crippen LogP contribution < -0.4 is 5.32 Å². The highest BCUT2D eigenvalue weighted by Crippen LogP contribution is 2.22. The Hall–Kier alpha value is -1.86. The molecule has 0 unspecified atom stereocenters. The molecule has 1 aliphatic rings. The number of nitrogens with one attached hydrogen (secondary N) is 2. The highest BCUT2D eigenvalue weighted by molar-refractivity contribution is 7.88. The summed E-state index contributed by atoms with van der Waals surface area (Å²) in [6.45, 7) is 0.821. The van der Waals surface area contributed by atoms with Crippen LogP contribution in [-0.4, -0.2) is 43.0 Å². The summed E-state index contributed by atoms with van der Waals surface area (Å²) >= 11 is 0. The Labute approximate surface area is 129 Å². The first-order chi connectivity index (χ1) is 10.4. The molecule has 1 amide bonds. The lowest BCUT2D eigenvalue weighted by molar-refractivity contribution is -0.120. The number of sulfonamides is 1. The van der Waals surface area contributed by atoms with E-state index in [9.17, 15) is 13.2 Å². The lowest BCUT2D eigenvalue weighted by atomic mass is 9.97. The van der Waals surface area contributed by atoms with Crippen LogP contribution in [0.5, 0.6) is 0 Å². The number of H-pyrrole nitrogens is 1. The van der Waals surface area contributed by atoms with Crippen LogP contribution >= 0.6 is 0 Å². The molecular formula is C15H19N3O3S. The number of rotatable bonds is 3. The zero-order chi connectivity index (χ0) is 15.7. The predicted molar refractivity (Wildman–Crippen MR) is 86.1 cm³/mol. The van der Waals surface area contributed by atoms with E-state index in [1.807, 2.05) is 30.5 Å². The Morgan fingerprint density at radius 2 is 2.00 bits per heavy atom. The number of piperidine rings is 1. The number of hydrogen-bond donors (Lipinski definition) is 2.